The molecule has 51 heavy (non-hydrogen) atoms. The molecular formula is C46H42CuN4. The van der Waals surface area contributed by atoms with E-state index in [0.717, 1.165) is 67.5 Å². The zero-order valence-electron chi connectivity index (χ0n) is 29.4. The van der Waals surface area contributed by atoms with Gasteiger partial charge in [0, 0.05) is 12.4 Å². The number of benzene rings is 6. The van der Waals surface area contributed by atoms with E-state index < -0.39 is 0 Å². The molecule has 257 valence electrons. The maximum atomic E-state index is 4.85. The number of rotatable bonds is 10. The second-order valence-corrected chi connectivity index (χ2v) is 11.8. The summed E-state index contributed by atoms with van der Waals surface area (Å²) >= 11 is 0. The van der Waals surface area contributed by atoms with Crippen molar-refractivity contribution >= 4 is 46.6 Å². The largest absolute Gasteiger partial charge is 2.00 e. The summed E-state index contributed by atoms with van der Waals surface area (Å²) in [7, 11) is 0. The number of hydrogen-bond acceptors (Lipinski definition) is 2. The first-order valence-electron chi connectivity index (χ1n) is 16.7. The van der Waals surface area contributed by atoms with E-state index >= 15 is 0 Å². The predicted molar refractivity (Wildman–Crippen MR) is 216 cm³/mol. The fraction of sp³-hybridized carbons (Fsp3) is 0.0870. The molecule has 0 bridgehead atoms. The third-order valence-corrected chi connectivity index (χ3v) is 7.97. The minimum absolute atomic E-state index is 0. The maximum absolute atomic E-state index is 4.85. The minimum Gasteiger partial charge on any atom is -0.657 e. The first-order chi connectivity index (χ1) is 24.5. The minimum atomic E-state index is 0. The quantitative estimate of drug-likeness (QED) is 0.100. The molecule has 0 heterocycles. The number of aliphatic imine (C=N–C) groups is 2. The molecule has 0 N–H and O–H groups in total. The predicted octanol–water partition coefficient (Wildman–Crippen LogP) is 13.5. The zero-order valence-corrected chi connectivity index (χ0v) is 30.4. The van der Waals surface area contributed by atoms with E-state index in [0.29, 0.717) is 0 Å². The fourth-order valence-corrected chi connectivity index (χ4v) is 5.04. The van der Waals surface area contributed by atoms with Gasteiger partial charge in [-0.2, -0.15) is 0 Å². The third kappa shape index (κ3) is 11.7. The molecule has 1 radical (unpaired) electrons. The maximum Gasteiger partial charge on any atom is 2.00 e. The standard InChI is InChI=1S/2C23H21N2.Cu/c2*1-18-10-6-8-14-21(18)24-17-16-23(20-12-4-3-5-13-20)25-22-15-9-7-11-19(22)2;/h2*3-17H,1-2H3;/q2*-1;+2. The van der Waals surface area contributed by atoms with Crippen LogP contribution >= 0.6 is 0 Å². The van der Waals surface area contributed by atoms with Gasteiger partial charge in [-0.25, -0.2) is 0 Å². The van der Waals surface area contributed by atoms with Crippen molar-refractivity contribution in [2.45, 2.75) is 27.7 Å². The first-order valence-corrected chi connectivity index (χ1v) is 16.7. The Labute approximate surface area is 313 Å². The van der Waals surface area contributed by atoms with Gasteiger partial charge in [-0.05, 0) is 62.1 Å². The van der Waals surface area contributed by atoms with Crippen LogP contribution in [0.4, 0.5) is 22.7 Å². The van der Waals surface area contributed by atoms with Gasteiger partial charge in [0.25, 0.3) is 0 Å². The van der Waals surface area contributed by atoms with Crippen LogP contribution in [-0.4, -0.2) is 12.4 Å². The summed E-state index contributed by atoms with van der Waals surface area (Å²) in [4.78, 5) is 9.15. The average Bonchev–Trinajstić information content (AvgIpc) is 3.15. The van der Waals surface area contributed by atoms with E-state index in [1.54, 1.807) is 0 Å². The van der Waals surface area contributed by atoms with Crippen LogP contribution in [0.3, 0.4) is 0 Å². The Bertz CT molecular complexity index is 1950. The first kappa shape index (κ1) is 38.1. The van der Waals surface area contributed by atoms with Crippen LogP contribution in [0.5, 0.6) is 0 Å². The molecule has 5 heteroatoms. The monoisotopic (exact) mass is 713 g/mol. The van der Waals surface area contributed by atoms with Crippen molar-refractivity contribution in [2.24, 2.45) is 9.98 Å². The summed E-state index contributed by atoms with van der Waals surface area (Å²) in [5.41, 5.74) is 12.4. The Balaban J connectivity index is 0.000000224. The summed E-state index contributed by atoms with van der Waals surface area (Å²) in [6, 6.07) is 52.8. The van der Waals surface area contributed by atoms with E-state index in [4.69, 9.17) is 10.6 Å². The molecular weight excluding hydrogens is 672 g/mol. The van der Waals surface area contributed by atoms with E-state index in [1.807, 2.05) is 134 Å². The Morgan fingerprint density at radius 1 is 0.392 bits per heavy atom. The van der Waals surface area contributed by atoms with Gasteiger partial charge in [-0.3, -0.25) is 9.98 Å². The van der Waals surface area contributed by atoms with Crippen LogP contribution in [0, 0.1) is 27.7 Å². The molecule has 0 amide bonds. The van der Waals surface area contributed by atoms with Gasteiger partial charge < -0.3 is 10.6 Å². The normalized spacial score (nSPS) is 11.5. The molecule has 0 spiro atoms. The van der Waals surface area contributed by atoms with E-state index in [2.05, 4.69) is 86.2 Å². The smallest absolute Gasteiger partial charge is 0.657 e. The van der Waals surface area contributed by atoms with Gasteiger partial charge >= 0.3 is 17.1 Å². The molecule has 6 aromatic rings. The van der Waals surface area contributed by atoms with Crippen molar-refractivity contribution in [2.75, 3.05) is 0 Å². The van der Waals surface area contributed by atoms with Crippen molar-refractivity contribution in [3.05, 3.63) is 214 Å². The third-order valence-electron chi connectivity index (χ3n) is 7.97. The molecule has 6 rings (SSSR count). The van der Waals surface area contributed by atoms with E-state index in [9.17, 15) is 0 Å². The molecule has 0 unspecified atom stereocenters. The van der Waals surface area contributed by atoms with Crippen LogP contribution in [0.25, 0.3) is 22.0 Å². The van der Waals surface area contributed by atoms with Gasteiger partial charge in [0.05, 0.1) is 11.4 Å². The fourth-order valence-electron chi connectivity index (χ4n) is 5.04. The van der Waals surface area contributed by atoms with Crippen molar-refractivity contribution in [3.8, 4) is 0 Å². The van der Waals surface area contributed by atoms with Crippen LogP contribution in [0.2, 0.25) is 0 Å². The Hall–Kier alpha value is -5.74. The molecule has 0 aliphatic carbocycles. The van der Waals surface area contributed by atoms with Crippen molar-refractivity contribution in [3.63, 3.8) is 0 Å². The Morgan fingerprint density at radius 3 is 1.06 bits per heavy atom. The summed E-state index contributed by atoms with van der Waals surface area (Å²) < 4.78 is 0. The van der Waals surface area contributed by atoms with E-state index in [-0.39, 0.29) is 17.1 Å². The van der Waals surface area contributed by atoms with E-state index in [1.165, 1.54) is 0 Å². The van der Waals surface area contributed by atoms with Crippen LogP contribution in [0.1, 0.15) is 33.4 Å². The molecule has 0 saturated carbocycles. The number of nitrogens with zero attached hydrogens (tertiary/aromatic N) is 4. The molecule has 4 nitrogen and oxygen atoms in total. The molecule has 0 saturated heterocycles. The molecule has 0 aliphatic rings. The summed E-state index contributed by atoms with van der Waals surface area (Å²) in [5.74, 6) is 0. The number of aryl methyl sites for hydroxylation is 4. The summed E-state index contributed by atoms with van der Waals surface area (Å²) in [6.07, 6.45) is 7.58. The molecule has 0 aromatic heterocycles. The second-order valence-electron chi connectivity index (χ2n) is 11.8. The van der Waals surface area contributed by atoms with Gasteiger partial charge in [0.2, 0.25) is 0 Å². The molecule has 0 fully saturated rings. The van der Waals surface area contributed by atoms with Gasteiger partial charge in [-0.1, -0.05) is 169 Å². The number of hydrogen-bond donors (Lipinski definition) is 0. The molecule has 0 atom stereocenters. The number of allylic oxidation sites excluding steroid dienone is 2. The van der Waals surface area contributed by atoms with Crippen molar-refractivity contribution < 1.29 is 17.1 Å². The van der Waals surface area contributed by atoms with Gasteiger partial charge in [0.1, 0.15) is 0 Å². The zero-order chi connectivity index (χ0) is 35.0. The van der Waals surface area contributed by atoms with Crippen molar-refractivity contribution in [1.29, 1.82) is 0 Å². The second kappa shape index (κ2) is 20.1. The van der Waals surface area contributed by atoms with Crippen LogP contribution < -0.4 is 0 Å². The SMILES string of the molecule is Cc1ccccc1N=CC=C([N-]c1ccccc1C)c1ccccc1.Cc1ccccc1N=CC=C([N-]c1ccccc1C)c1ccccc1.[Cu+2]. The van der Waals surface area contributed by atoms with Crippen molar-refractivity contribution in [1.82, 2.24) is 0 Å². The van der Waals surface area contributed by atoms with Crippen LogP contribution in [-0.2, 0) is 17.1 Å². The summed E-state index contributed by atoms with van der Waals surface area (Å²) in [6.45, 7) is 8.27. The number of para-hydroxylation sites is 4. The Kier molecular flexibility index (Phi) is 15.0. The summed E-state index contributed by atoms with van der Waals surface area (Å²) in [5, 5.41) is 9.70. The average molecular weight is 714 g/mol. The topological polar surface area (TPSA) is 52.9 Å². The van der Waals surface area contributed by atoms with Gasteiger partial charge in [0.15, 0.2) is 0 Å². The van der Waals surface area contributed by atoms with Crippen LogP contribution in [0.15, 0.2) is 180 Å². The molecule has 0 aliphatic heterocycles. The molecule has 6 aromatic carbocycles. The Morgan fingerprint density at radius 2 is 0.706 bits per heavy atom. The van der Waals surface area contributed by atoms with Gasteiger partial charge in [-0.15, -0.1) is 22.8 Å².